The van der Waals surface area contributed by atoms with Crippen LogP contribution in [0.15, 0.2) is 36.7 Å². The first-order chi connectivity index (χ1) is 14.2. The quantitative estimate of drug-likeness (QED) is 0.631. The lowest BCUT2D eigenvalue weighted by Crippen LogP contribution is -2.49. The van der Waals surface area contributed by atoms with E-state index in [1.807, 2.05) is 6.92 Å². The van der Waals surface area contributed by atoms with Crippen molar-refractivity contribution in [3.63, 3.8) is 0 Å². The van der Waals surface area contributed by atoms with E-state index in [9.17, 15) is 23.1 Å². The number of aliphatic carboxylic acids is 1. The standard InChI is InChI=1S/C21H17ClF3N3O2/c1-11-2-3-12(6-15(11)22)14-4-5-16(23)18-17(14)19(27-10-26-18)28-8-13(20(29)30)7-21(24,25)9-28/h2-6,10,13H,7-9H2,1H3,(H,29,30). The maximum Gasteiger partial charge on any atom is 0.308 e. The molecule has 9 heteroatoms. The zero-order valence-corrected chi connectivity index (χ0v) is 16.6. The number of halogens is 4. The SMILES string of the molecule is Cc1ccc(-c2ccc(F)c3ncnc(N4CC(C(=O)O)CC(F)(F)C4)c23)cc1Cl. The van der Waals surface area contributed by atoms with Crippen LogP contribution in [-0.4, -0.2) is 40.1 Å². The predicted molar refractivity (Wildman–Crippen MR) is 108 cm³/mol. The fraction of sp³-hybridized carbons (Fsp3) is 0.286. The summed E-state index contributed by atoms with van der Waals surface area (Å²) in [5.41, 5.74) is 1.98. The lowest BCUT2D eigenvalue weighted by Gasteiger charge is -2.37. The third kappa shape index (κ3) is 3.67. The average Bonchev–Trinajstić information content (AvgIpc) is 2.69. The second kappa shape index (κ2) is 7.43. The molecule has 2 aromatic carbocycles. The van der Waals surface area contributed by atoms with E-state index in [2.05, 4.69) is 9.97 Å². The van der Waals surface area contributed by atoms with Crippen LogP contribution in [0.2, 0.25) is 5.02 Å². The Balaban J connectivity index is 1.93. The molecule has 1 atom stereocenters. The van der Waals surface area contributed by atoms with E-state index >= 15 is 0 Å². The van der Waals surface area contributed by atoms with Gasteiger partial charge in [-0.05, 0) is 35.7 Å². The average molecular weight is 436 g/mol. The van der Waals surface area contributed by atoms with Crippen LogP contribution < -0.4 is 4.90 Å². The summed E-state index contributed by atoms with van der Waals surface area (Å²) in [7, 11) is 0. The van der Waals surface area contributed by atoms with Gasteiger partial charge in [-0.25, -0.2) is 23.1 Å². The number of hydrogen-bond donors (Lipinski definition) is 1. The first-order valence-corrected chi connectivity index (χ1v) is 9.59. The van der Waals surface area contributed by atoms with Crippen LogP contribution in [0.25, 0.3) is 22.0 Å². The Kier molecular flexibility index (Phi) is 5.05. The Morgan fingerprint density at radius 1 is 1.27 bits per heavy atom. The minimum Gasteiger partial charge on any atom is -0.481 e. The fourth-order valence-corrected chi connectivity index (χ4v) is 3.97. The highest BCUT2D eigenvalue weighted by Gasteiger charge is 2.44. The third-order valence-corrected chi connectivity index (χ3v) is 5.67. The molecule has 0 spiro atoms. The number of carbonyl (C=O) groups is 1. The van der Waals surface area contributed by atoms with Gasteiger partial charge in [0.2, 0.25) is 0 Å². The summed E-state index contributed by atoms with van der Waals surface area (Å²) in [4.78, 5) is 20.8. The number of fused-ring (bicyclic) bond motifs is 1. The van der Waals surface area contributed by atoms with Gasteiger partial charge in [0.25, 0.3) is 5.92 Å². The first-order valence-electron chi connectivity index (χ1n) is 9.21. The minimum absolute atomic E-state index is 0.0324. The summed E-state index contributed by atoms with van der Waals surface area (Å²) in [5, 5.41) is 10.0. The number of carboxylic acid groups (broad SMARTS) is 1. The molecule has 0 radical (unpaired) electrons. The van der Waals surface area contributed by atoms with Crippen molar-refractivity contribution in [1.29, 1.82) is 0 Å². The van der Waals surface area contributed by atoms with E-state index in [4.69, 9.17) is 11.6 Å². The molecule has 1 N–H and O–H groups in total. The van der Waals surface area contributed by atoms with Crippen LogP contribution in [0.4, 0.5) is 19.0 Å². The highest BCUT2D eigenvalue weighted by molar-refractivity contribution is 6.31. The van der Waals surface area contributed by atoms with Crippen molar-refractivity contribution in [3.8, 4) is 11.1 Å². The molecule has 1 saturated heterocycles. The van der Waals surface area contributed by atoms with Crippen LogP contribution in [-0.2, 0) is 4.79 Å². The highest BCUT2D eigenvalue weighted by atomic mass is 35.5. The number of alkyl halides is 2. The Morgan fingerprint density at radius 3 is 2.73 bits per heavy atom. The van der Waals surface area contributed by atoms with Crippen LogP contribution in [0, 0.1) is 18.7 Å². The Hall–Kier alpha value is -2.87. The number of aryl methyl sites for hydroxylation is 1. The summed E-state index contributed by atoms with van der Waals surface area (Å²) in [6.45, 7) is 0.959. The molecule has 0 aliphatic carbocycles. The number of nitrogens with zero attached hydrogens (tertiary/aromatic N) is 3. The molecule has 1 unspecified atom stereocenters. The molecular formula is C21H17ClF3N3O2. The third-order valence-electron chi connectivity index (χ3n) is 5.26. The number of hydrogen-bond acceptors (Lipinski definition) is 4. The topological polar surface area (TPSA) is 66.3 Å². The van der Waals surface area contributed by atoms with Crippen LogP contribution >= 0.6 is 11.6 Å². The highest BCUT2D eigenvalue weighted by Crippen LogP contribution is 2.39. The van der Waals surface area contributed by atoms with Crippen molar-refractivity contribution in [2.45, 2.75) is 19.3 Å². The van der Waals surface area contributed by atoms with Crippen molar-refractivity contribution in [2.24, 2.45) is 5.92 Å². The van der Waals surface area contributed by atoms with Crippen molar-refractivity contribution in [1.82, 2.24) is 9.97 Å². The zero-order chi connectivity index (χ0) is 21.6. The summed E-state index contributed by atoms with van der Waals surface area (Å²) < 4.78 is 43.2. The molecular weight excluding hydrogens is 419 g/mol. The number of aromatic nitrogens is 2. The zero-order valence-electron chi connectivity index (χ0n) is 15.9. The number of piperidine rings is 1. The molecule has 1 fully saturated rings. The molecule has 0 saturated carbocycles. The molecule has 30 heavy (non-hydrogen) atoms. The van der Waals surface area contributed by atoms with Gasteiger partial charge in [-0.15, -0.1) is 0 Å². The second-order valence-electron chi connectivity index (χ2n) is 7.46. The largest absolute Gasteiger partial charge is 0.481 e. The second-order valence-corrected chi connectivity index (χ2v) is 7.86. The monoisotopic (exact) mass is 435 g/mol. The number of anilines is 1. The summed E-state index contributed by atoms with van der Waals surface area (Å²) in [6.07, 6.45) is 0.339. The maximum absolute atomic E-state index is 14.6. The maximum atomic E-state index is 14.6. The Bertz CT molecular complexity index is 1160. The molecule has 3 aromatic rings. The molecule has 1 aliphatic heterocycles. The normalized spacial score (nSPS) is 18.6. The Labute approximate surface area is 175 Å². The molecule has 0 amide bonds. The van der Waals surface area contributed by atoms with E-state index < -0.39 is 36.6 Å². The fourth-order valence-electron chi connectivity index (χ4n) is 3.79. The van der Waals surface area contributed by atoms with E-state index in [1.165, 1.54) is 17.0 Å². The van der Waals surface area contributed by atoms with Gasteiger partial charge in [0, 0.05) is 18.0 Å². The number of rotatable bonds is 3. The first kappa shape index (κ1) is 20.4. The van der Waals surface area contributed by atoms with E-state index in [1.54, 1.807) is 18.2 Å². The lowest BCUT2D eigenvalue weighted by molar-refractivity contribution is -0.146. The smallest absolute Gasteiger partial charge is 0.308 e. The van der Waals surface area contributed by atoms with Gasteiger partial charge in [-0.3, -0.25) is 4.79 Å². The molecule has 4 rings (SSSR count). The lowest BCUT2D eigenvalue weighted by atomic mass is 9.94. The van der Waals surface area contributed by atoms with Crippen LogP contribution in [0.5, 0.6) is 0 Å². The molecule has 2 heterocycles. The molecule has 5 nitrogen and oxygen atoms in total. The minimum atomic E-state index is -3.22. The van der Waals surface area contributed by atoms with Crippen molar-refractivity contribution >= 4 is 34.3 Å². The van der Waals surface area contributed by atoms with Crippen molar-refractivity contribution < 1.29 is 23.1 Å². The van der Waals surface area contributed by atoms with Crippen molar-refractivity contribution in [3.05, 3.63) is 53.1 Å². The molecule has 156 valence electrons. The van der Waals surface area contributed by atoms with Crippen LogP contribution in [0.1, 0.15) is 12.0 Å². The summed E-state index contributed by atoms with van der Waals surface area (Å²) in [6, 6.07) is 8.04. The molecule has 1 aromatic heterocycles. The van der Waals surface area contributed by atoms with E-state index in [-0.39, 0.29) is 23.3 Å². The predicted octanol–water partition coefficient (Wildman–Crippen LogP) is 4.94. The van der Waals surface area contributed by atoms with E-state index in [0.717, 1.165) is 11.9 Å². The van der Waals surface area contributed by atoms with Crippen molar-refractivity contribution in [2.75, 3.05) is 18.0 Å². The van der Waals surface area contributed by atoms with Gasteiger partial charge in [0.05, 0.1) is 17.8 Å². The summed E-state index contributed by atoms with van der Waals surface area (Å²) >= 11 is 6.25. The van der Waals surface area contributed by atoms with E-state index in [0.29, 0.717) is 16.1 Å². The number of benzene rings is 2. The molecule has 0 bridgehead atoms. The van der Waals surface area contributed by atoms with Gasteiger partial charge in [0.15, 0.2) is 0 Å². The van der Waals surface area contributed by atoms with Gasteiger partial charge in [-0.2, -0.15) is 0 Å². The van der Waals surface area contributed by atoms with Gasteiger partial charge in [-0.1, -0.05) is 29.8 Å². The van der Waals surface area contributed by atoms with Gasteiger partial charge in [0.1, 0.15) is 23.5 Å². The van der Waals surface area contributed by atoms with Gasteiger partial charge < -0.3 is 10.0 Å². The summed E-state index contributed by atoms with van der Waals surface area (Å²) in [5.74, 6) is -6.37. The van der Waals surface area contributed by atoms with Gasteiger partial charge >= 0.3 is 5.97 Å². The van der Waals surface area contributed by atoms with Crippen LogP contribution in [0.3, 0.4) is 0 Å². The Morgan fingerprint density at radius 2 is 2.03 bits per heavy atom. The molecule has 1 aliphatic rings. The number of carboxylic acids is 1.